The molecule has 2 fully saturated rings. The Labute approximate surface area is 188 Å². The molecule has 8 heteroatoms. The normalized spacial score (nSPS) is 18.7. The highest BCUT2D eigenvalue weighted by Gasteiger charge is 2.40. The van der Waals surface area contributed by atoms with Gasteiger partial charge in [-0.25, -0.2) is 0 Å². The lowest BCUT2D eigenvalue weighted by Crippen LogP contribution is -2.56. The van der Waals surface area contributed by atoms with Gasteiger partial charge in [0, 0.05) is 51.0 Å². The summed E-state index contributed by atoms with van der Waals surface area (Å²) in [6, 6.07) is 14.8. The average molecular weight is 433 g/mol. The minimum Gasteiger partial charge on any atom is -0.372 e. The molecule has 2 aliphatic rings. The molecular formula is C24H28N6O2. The van der Waals surface area contributed by atoms with Gasteiger partial charge in [-0.15, -0.1) is 0 Å². The molecule has 2 aromatic heterocycles. The highest BCUT2D eigenvalue weighted by Crippen LogP contribution is 2.33. The molecular weight excluding hydrogens is 404 g/mol. The van der Waals surface area contributed by atoms with Crippen LogP contribution in [0.15, 0.2) is 47.1 Å². The Bertz CT molecular complexity index is 1090. The molecule has 1 spiro atoms. The molecule has 8 nitrogen and oxygen atoms in total. The molecule has 0 aliphatic carbocycles. The van der Waals surface area contributed by atoms with Gasteiger partial charge in [-0.1, -0.05) is 35.5 Å². The predicted octanol–water partition coefficient (Wildman–Crippen LogP) is 3.30. The van der Waals surface area contributed by atoms with Crippen molar-refractivity contribution < 1.29 is 9.26 Å². The smallest absolute Gasteiger partial charge is 0.324 e. The molecule has 0 N–H and O–H groups in total. The van der Waals surface area contributed by atoms with Gasteiger partial charge >= 0.3 is 6.01 Å². The Balaban J connectivity index is 1.21. The van der Waals surface area contributed by atoms with Crippen molar-refractivity contribution in [2.75, 3.05) is 37.7 Å². The van der Waals surface area contributed by atoms with Crippen molar-refractivity contribution in [3.8, 4) is 17.5 Å². The fourth-order valence-electron chi connectivity index (χ4n) is 4.78. The molecule has 2 saturated heterocycles. The monoisotopic (exact) mass is 432 g/mol. The number of hydrogen-bond donors (Lipinski definition) is 0. The average Bonchev–Trinajstić information content (AvgIpc) is 3.47. The summed E-state index contributed by atoms with van der Waals surface area (Å²) in [5.41, 5.74) is 2.74. The van der Waals surface area contributed by atoms with E-state index in [1.807, 2.05) is 41.0 Å². The summed E-state index contributed by atoms with van der Waals surface area (Å²) in [4.78, 5) is 9.22. The largest absolute Gasteiger partial charge is 0.372 e. The van der Waals surface area contributed by atoms with Gasteiger partial charge in [0.15, 0.2) is 0 Å². The number of ether oxygens (including phenoxy) is 1. The number of aryl methyl sites for hydroxylation is 1. The summed E-state index contributed by atoms with van der Waals surface area (Å²) in [7, 11) is 0. The van der Waals surface area contributed by atoms with Crippen molar-refractivity contribution in [2.24, 2.45) is 0 Å². The van der Waals surface area contributed by atoms with Crippen LogP contribution >= 0.6 is 0 Å². The van der Waals surface area contributed by atoms with Crippen LogP contribution in [-0.2, 0) is 17.8 Å². The summed E-state index contributed by atoms with van der Waals surface area (Å²) in [6.07, 6.45) is 3.95. The van der Waals surface area contributed by atoms with Crippen LogP contribution in [0.4, 0.5) is 6.01 Å². The lowest BCUT2D eigenvalue weighted by Gasteiger charge is -2.47. The molecule has 166 valence electrons. The van der Waals surface area contributed by atoms with Gasteiger partial charge in [0.2, 0.25) is 5.82 Å². The SMILES string of the molecule is CCn1cc(CN2CCOC3(CCN(c4nc(-c5ccccc5)no4)CC3)C2)cc1C#N. The van der Waals surface area contributed by atoms with Crippen molar-refractivity contribution in [1.82, 2.24) is 19.6 Å². The fraction of sp³-hybridized carbons (Fsp3) is 0.458. The summed E-state index contributed by atoms with van der Waals surface area (Å²) >= 11 is 0. The van der Waals surface area contributed by atoms with Crippen molar-refractivity contribution in [3.63, 3.8) is 0 Å². The van der Waals surface area contributed by atoms with Crippen molar-refractivity contribution >= 4 is 6.01 Å². The standard InChI is InChI=1S/C24H28N6O2/c1-2-29-17-19(14-21(29)15-25)16-28-12-13-31-24(18-28)8-10-30(11-9-24)23-26-22(27-32-23)20-6-4-3-5-7-20/h3-7,14,17H,2,8-13,16,18H2,1H3. The van der Waals surface area contributed by atoms with E-state index in [1.54, 1.807) is 0 Å². The molecule has 0 saturated carbocycles. The molecule has 4 heterocycles. The third-order valence-electron chi connectivity index (χ3n) is 6.53. The Hall–Kier alpha value is -3.15. The van der Waals surface area contributed by atoms with Gasteiger partial charge < -0.3 is 18.7 Å². The quantitative estimate of drug-likeness (QED) is 0.612. The van der Waals surface area contributed by atoms with Crippen LogP contribution in [0.5, 0.6) is 0 Å². The Morgan fingerprint density at radius 1 is 1.16 bits per heavy atom. The first-order valence-corrected chi connectivity index (χ1v) is 11.3. The van der Waals surface area contributed by atoms with Crippen LogP contribution < -0.4 is 4.90 Å². The summed E-state index contributed by atoms with van der Waals surface area (Å²) in [6.45, 7) is 7.93. The Kier molecular flexibility index (Phi) is 5.68. The maximum absolute atomic E-state index is 9.33. The van der Waals surface area contributed by atoms with E-state index >= 15 is 0 Å². The lowest BCUT2D eigenvalue weighted by atomic mass is 9.89. The van der Waals surface area contributed by atoms with E-state index in [0.717, 1.165) is 70.0 Å². The molecule has 1 aromatic carbocycles. The molecule has 3 aromatic rings. The van der Waals surface area contributed by atoms with E-state index < -0.39 is 0 Å². The Morgan fingerprint density at radius 3 is 2.69 bits per heavy atom. The second kappa shape index (κ2) is 8.77. The minimum absolute atomic E-state index is 0.136. The predicted molar refractivity (Wildman–Crippen MR) is 120 cm³/mol. The zero-order valence-electron chi connectivity index (χ0n) is 18.4. The van der Waals surface area contributed by atoms with Crippen molar-refractivity contribution in [2.45, 2.75) is 38.5 Å². The number of piperidine rings is 1. The number of benzene rings is 1. The van der Waals surface area contributed by atoms with Gasteiger partial charge in [-0.2, -0.15) is 10.2 Å². The number of nitrogens with zero attached hydrogens (tertiary/aromatic N) is 6. The number of aromatic nitrogens is 3. The molecule has 0 atom stereocenters. The first-order chi connectivity index (χ1) is 15.7. The lowest BCUT2D eigenvalue weighted by molar-refractivity contribution is -0.123. The van der Waals surface area contributed by atoms with Crippen molar-refractivity contribution in [3.05, 3.63) is 53.9 Å². The van der Waals surface area contributed by atoms with Crippen LogP contribution in [0, 0.1) is 11.3 Å². The Morgan fingerprint density at radius 2 is 1.97 bits per heavy atom. The molecule has 0 unspecified atom stereocenters. The van der Waals surface area contributed by atoms with Gasteiger partial charge in [-0.3, -0.25) is 4.90 Å². The summed E-state index contributed by atoms with van der Waals surface area (Å²) in [5, 5.41) is 13.5. The number of nitriles is 1. The van der Waals surface area contributed by atoms with E-state index in [1.165, 1.54) is 5.56 Å². The molecule has 32 heavy (non-hydrogen) atoms. The van der Waals surface area contributed by atoms with Gasteiger partial charge in [0.1, 0.15) is 11.8 Å². The minimum atomic E-state index is -0.136. The van der Waals surface area contributed by atoms with Gasteiger partial charge in [0.05, 0.1) is 12.2 Å². The molecule has 5 rings (SSSR count). The maximum atomic E-state index is 9.33. The van der Waals surface area contributed by atoms with E-state index in [0.29, 0.717) is 11.8 Å². The third kappa shape index (κ3) is 4.14. The van der Waals surface area contributed by atoms with Crippen LogP contribution in [0.3, 0.4) is 0 Å². The number of hydrogen-bond acceptors (Lipinski definition) is 7. The van der Waals surface area contributed by atoms with E-state index in [-0.39, 0.29) is 5.60 Å². The van der Waals surface area contributed by atoms with Gasteiger partial charge in [0.25, 0.3) is 0 Å². The third-order valence-corrected chi connectivity index (χ3v) is 6.53. The molecule has 0 radical (unpaired) electrons. The van der Waals surface area contributed by atoms with E-state index in [4.69, 9.17) is 9.26 Å². The van der Waals surface area contributed by atoms with Gasteiger partial charge in [-0.05, 0) is 31.4 Å². The molecule has 2 aliphatic heterocycles. The first kappa shape index (κ1) is 20.7. The van der Waals surface area contributed by atoms with E-state index in [2.05, 4.69) is 39.1 Å². The van der Waals surface area contributed by atoms with Crippen LogP contribution in [-0.4, -0.2) is 58.0 Å². The summed E-state index contributed by atoms with van der Waals surface area (Å²) < 4.78 is 13.9. The van der Waals surface area contributed by atoms with Crippen LogP contribution in [0.2, 0.25) is 0 Å². The van der Waals surface area contributed by atoms with Crippen LogP contribution in [0.25, 0.3) is 11.4 Å². The summed E-state index contributed by atoms with van der Waals surface area (Å²) in [5.74, 6) is 0.622. The highest BCUT2D eigenvalue weighted by atomic mass is 16.5. The topological polar surface area (TPSA) is 83.3 Å². The first-order valence-electron chi connectivity index (χ1n) is 11.3. The second-order valence-corrected chi connectivity index (χ2v) is 8.63. The number of morpholine rings is 1. The zero-order chi connectivity index (χ0) is 22.0. The molecule has 0 amide bonds. The molecule has 0 bridgehead atoms. The fourth-order valence-corrected chi connectivity index (χ4v) is 4.78. The number of anilines is 1. The van der Waals surface area contributed by atoms with Crippen LogP contribution in [0.1, 0.15) is 31.0 Å². The second-order valence-electron chi connectivity index (χ2n) is 8.63. The maximum Gasteiger partial charge on any atom is 0.324 e. The highest BCUT2D eigenvalue weighted by molar-refractivity contribution is 5.55. The van der Waals surface area contributed by atoms with Crippen molar-refractivity contribution in [1.29, 1.82) is 5.26 Å². The number of rotatable bonds is 5. The van der Waals surface area contributed by atoms with E-state index in [9.17, 15) is 5.26 Å². The zero-order valence-corrected chi connectivity index (χ0v) is 18.4.